The van der Waals surface area contributed by atoms with E-state index in [1.807, 2.05) is 0 Å². The molecule has 0 aliphatic carbocycles. The first-order valence-corrected chi connectivity index (χ1v) is 5.79. The first-order chi connectivity index (χ1) is 6.79. The maximum atomic E-state index is 8.98. The van der Waals surface area contributed by atoms with Crippen LogP contribution in [0, 0.1) is 0 Å². The first kappa shape index (κ1) is 18.5. The van der Waals surface area contributed by atoms with Gasteiger partial charge in [-0.3, -0.25) is 0 Å². The molecule has 0 fully saturated rings. The average Bonchev–Trinajstić information content (AvgIpc) is 2.63. The summed E-state index contributed by atoms with van der Waals surface area (Å²) in [6.45, 7) is 5.22. The molecular weight excluding hydrogens is 267 g/mol. The highest BCUT2D eigenvalue weighted by Gasteiger charge is 1.94. The van der Waals surface area contributed by atoms with Crippen molar-refractivity contribution in [1.82, 2.24) is 10.6 Å². The molecule has 1 atom stereocenters. The van der Waals surface area contributed by atoms with E-state index in [0.29, 0.717) is 6.54 Å². The van der Waals surface area contributed by atoms with Gasteiger partial charge < -0.3 is 15.7 Å². The molecule has 0 radical (unpaired) electrons. The lowest BCUT2D eigenvalue weighted by Crippen LogP contribution is -2.31. The normalized spacial score (nSPS) is 11.4. The predicted octanol–water partition coefficient (Wildman–Crippen LogP) is 1.65. The van der Waals surface area contributed by atoms with E-state index in [1.165, 1.54) is 4.88 Å². The molecular formula is C10H20Cl2N2OS. The molecule has 3 nitrogen and oxygen atoms in total. The zero-order chi connectivity index (χ0) is 10.2. The maximum Gasteiger partial charge on any atom is 0.0636 e. The van der Waals surface area contributed by atoms with Gasteiger partial charge in [0.15, 0.2) is 0 Å². The third-order valence-electron chi connectivity index (χ3n) is 1.80. The molecule has 1 aromatic heterocycles. The van der Waals surface area contributed by atoms with Gasteiger partial charge in [0.05, 0.1) is 6.10 Å². The Hall–Kier alpha value is 0.160. The predicted molar refractivity (Wildman–Crippen MR) is 75.1 cm³/mol. The van der Waals surface area contributed by atoms with Crippen LogP contribution in [0.5, 0.6) is 0 Å². The molecule has 0 aromatic carbocycles. The minimum absolute atomic E-state index is 0. The molecule has 0 aliphatic heterocycles. The van der Waals surface area contributed by atoms with E-state index in [4.69, 9.17) is 5.11 Å². The van der Waals surface area contributed by atoms with Crippen molar-refractivity contribution in [2.45, 2.75) is 19.6 Å². The first-order valence-electron chi connectivity index (χ1n) is 4.91. The van der Waals surface area contributed by atoms with Crippen molar-refractivity contribution >= 4 is 36.2 Å². The summed E-state index contributed by atoms with van der Waals surface area (Å²) < 4.78 is 0. The van der Waals surface area contributed by atoms with E-state index in [2.05, 4.69) is 28.1 Å². The zero-order valence-electron chi connectivity index (χ0n) is 9.31. The summed E-state index contributed by atoms with van der Waals surface area (Å²) in [6, 6.07) is 4.19. The van der Waals surface area contributed by atoms with E-state index in [1.54, 1.807) is 18.3 Å². The summed E-state index contributed by atoms with van der Waals surface area (Å²) >= 11 is 1.77. The van der Waals surface area contributed by atoms with Crippen molar-refractivity contribution in [2.75, 3.05) is 19.6 Å². The highest BCUT2D eigenvalue weighted by atomic mass is 35.5. The second-order valence-electron chi connectivity index (χ2n) is 3.31. The van der Waals surface area contributed by atoms with Gasteiger partial charge in [-0.15, -0.1) is 36.2 Å². The standard InChI is InChI=1S/C10H18N2OS.2ClH/c1-9(13)7-11-4-5-12-8-10-3-2-6-14-10;;/h2-3,6,9,11-13H,4-5,7-8H2,1H3;2*1H. The van der Waals surface area contributed by atoms with Crippen LogP contribution in [0.3, 0.4) is 0 Å². The molecule has 96 valence electrons. The molecule has 0 amide bonds. The Bertz CT molecular complexity index is 233. The Morgan fingerprint density at radius 1 is 1.31 bits per heavy atom. The van der Waals surface area contributed by atoms with E-state index in [9.17, 15) is 0 Å². The van der Waals surface area contributed by atoms with Gasteiger partial charge in [0.2, 0.25) is 0 Å². The summed E-state index contributed by atoms with van der Waals surface area (Å²) in [4.78, 5) is 1.36. The Balaban J connectivity index is 0. The maximum absolute atomic E-state index is 8.98. The number of hydrogen-bond acceptors (Lipinski definition) is 4. The highest BCUT2D eigenvalue weighted by molar-refractivity contribution is 7.09. The molecule has 0 spiro atoms. The molecule has 1 rings (SSSR count). The van der Waals surface area contributed by atoms with Crippen LogP contribution in [0.15, 0.2) is 17.5 Å². The molecule has 16 heavy (non-hydrogen) atoms. The second-order valence-corrected chi connectivity index (χ2v) is 4.34. The van der Waals surface area contributed by atoms with Crippen LogP contribution < -0.4 is 10.6 Å². The zero-order valence-corrected chi connectivity index (χ0v) is 11.8. The average molecular weight is 287 g/mol. The second kappa shape index (κ2) is 11.6. The third-order valence-corrected chi connectivity index (χ3v) is 2.67. The summed E-state index contributed by atoms with van der Waals surface area (Å²) in [6.07, 6.45) is -0.257. The fraction of sp³-hybridized carbons (Fsp3) is 0.600. The van der Waals surface area contributed by atoms with Crippen LogP contribution in [-0.4, -0.2) is 30.8 Å². The Kier molecular flexibility index (Phi) is 13.5. The minimum atomic E-state index is -0.257. The molecule has 0 saturated carbocycles. The Morgan fingerprint density at radius 2 is 2.00 bits per heavy atom. The van der Waals surface area contributed by atoms with Gasteiger partial charge in [-0.1, -0.05) is 6.07 Å². The SMILES string of the molecule is CC(O)CNCCNCc1cccs1.Cl.Cl. The molecule has 0 aliphatic rings. The van der Waals surface area contributed by atoms with E-state index >= 15 is 0 Å². The van der Waals surface area contributed by atoms with Crippen molar-refractivity contribution in [3.05, 3.63) is 22.4 Å². The quantitative estimate of drug-likeness (QED) is 0.668. The van der Waals surface area contributed by atoms with Gasteiger partial charge in [0, 0.05) is 31.1 Å². The molecule has 0 saturated heterocycles. The topological polar surface area (TPSA) is 44.3 Å². The van der Waals surface area contributed by atoms with Crippen LogP contribution in [0.2, 0.25) is 0 Å². The van der Waals surface area contributed by atoms with Gasteiger partial charge in [-0.2, -0.15) is 0 Å². The van der Waals surface area contributed by atoms with Crippen LogP contribution >= 0.6 is 36.2 Å². The molecule has 1 unspecified atom stereocenters. The summed E-state index contributed by atoms with van der Waals surface area (Å²) in [5.41, 5.74) is 0. The lowest BCUT2D eigenvalue weighted by atomic mass is 10.4. The molecule has 6 heteroatoms. The van der Waals surface area contributed by atoms with Gasteiger partial charge >= 0.3 is 0 Å². The molecule has 0 bridgehead atoms. The number of thiophene rings is 1. The summed E-state index contributed by atoms with van der Waals surface area (Å²) in [5.74, 6) is 0. The minimum Gasteiger partial charge on any atom is -0.392 e. The van der Waals surface area contributed by atoms with Crippen molar-refractivity contribution in [2.24, 2.45) is 0 Å². The van der Waals surface area contributed by atoms with Crippen LogP contribution in [0.25, 0.3) is 0 Å². The van der Waals surface area contributed by atoms with Crippen molar-refractivity contribution in [3.8, 4) is 0 Å². The van der Waals surface area contributed by atoms with Crippen LogP contribution in [-0.2, 0) is 6.54 Å². The largest absolute Gasteiger partial charge is 0.392 e. The number of rotatable bonds is 7. The Labute approximate surface area is 113 Å². The third kappa shape index (κ3) is 9.39. The van der Waals surface area contributed by atoms with E-state index < -0.39 is 0 Å². The Morgan fingerprint density at radius 3 is 2.56 bits per heavy atom. The number of nitrogens with one attached hydrogen (secondary N) is 2. The van der Waals surface area contributed by atoms with Gasteiger partial charge in [-0.05, 0) is 18.4 Å². The van der Waals surface area contributed by atoms with E-state index in [-0.39, 0.29) is 30.9 Å². The number of halogens is 2. The lowest BCUT2D eigenvalue weighted by molar-refractivity contribution is 0.191. The van der Waals surface area contributed by atoms with Gasteiger partial charge in [0.1, 0.15) is 0 Å². The smallest absolute Gasteiger partial charge is 0.0636 e. The molecule has 1 aromatic rings. The monoisotopic (exact) mass is 286 g/mol. The van der Waals surface area contributed by atoms with Gasteiger partial charge in [-0.25, -0.2) is 0 Å². The number of hydrogen-bond donors (Lipinski definition) is 3. The fourth-order valence-electron chi connectivity index (χ4n) is 1.11. The summed E-state index contributed by atoms with van der Waals surface area (Å²) in [5, 5.41) is 17.5. The molecule has 1 heterocycles. The van der Waals surface area contributed by atoms with Crippen LogP contribution in [0.4, 0.5) is 0 Å². The van der Waals surface area contributed by atoms with Crippen molar-refractivity contribution in [1.29, 1.82) is 0 Å². The summed E-state index contributed by atoms with van der Waals surface area (Å²) in [7, 11) is 0. The highest BCUT2D eigenvalue weighted by Crippen LogP contribution is 2.06. The van der Waals surface area contributed by atoms with Crippen molar-refractivity contribution < 1.29 is 5.11 Å². The lowest BCUT2D eigenvalue weighted by Gasteiger charge is -2.07. The molecule has 3 N–H and O–H groups in total. The number of aliphatic hydroxyl groups is 1. The van der Waals surface area contributed by atoms with Gasteiger partial charge in [0.25, 0.3) is 0 Å². The van der Waals surface area contributed by atoms with Crippen molar-refractivity contribution in [3.63, 3.8) is 0 Å². The van der Waals surface area contributed by atoms with Crippen LogP contribution in [0.1, 0.15) is 11.8 Å². The number of aliphatic hydroxyl groups excluding tert-OH is 1. The van der Waals surface area contributed by atoms with E-state index in [0.717, 1.165) is 19.6 Å². The fourth-order valence-corrected chi connectivity index (χ4v) is 1.79.